The molecule has 0 spiro atoms. The number of rotatable bonds is 2. The Hall–Kier alpha value is -1.30. The summed E-state index contributed by atoms with van der Waals surface area (Å²) in [5.41, 5.74) is 0.981. The quantitative estimate of drug-likeness (QED) is 0.667. The van der Waals surface area contributed by atoms with Gasteiger partial charge in [-0.3, -0.25) is 0 Å². The number of hydrogen-bond acceptors (Lipinski definition) is 2. The van der Waals surface area contributed by atoms with Gasteiger partial charge in [0.15, 0.2) is 0 Å². The van der Waals surface area contributed by atoms with Gasteiger partial charge < -0.3 is 4.57 Å². The molecule has 1 heterocycles. The summed E-state index contributed by atoms with van der Waals surface area (Å²) >= 11 is 0. The van der Waals surface area contributed by atoms with Gasteiger partial charge in [-0.05, 0) is 13.8 Å². The topological polar surface area (TPSA) is 41.6 Å². The molecule has 1 aromatic rings. The third-order valence-electron chi connectivity index (χ3n) is 1.85. The standard InChI is InChI=1S/C9H13N3/c1-4-9-11-7(2)6-12(9)8(3)5-10/h6,8H,4H2,1-3H3. The summed E-state index contributed by atoms with van der Waals surface area (Å²) in [6, 6.07) is 2.08. The van der Waals surface area contributed by atoms with E-state index in [2.05, 4.69) is 11.1 Å². The minimum Gasteiger partial charge on any atom is -0.318 e. The predicted octanol–water partition coefficient (Wildman–Crippen LogP) is 1.84. The number of nitrogens with zero attached hydrogens (tertiary/aromatic N) is 3. The van der Waals surface area contributed by atoms with Gasteiger partial charge in [0.05, 0.1) is 11.8 Å². The zero-order chi connectivity index (χ0) is 9.14. The zero-order valence-corrected chi connectivity index (χ0v) is 7.70. The lowest BCUT2D eigenvalue weighted by Gasteiger charge is -2.06. The van der Waals surface area contributed by atoms with Crippen molar-refractivity contribution in [2.75, 3.05) is 0 Å². The summed E-state index contributed by atoms with van der Waals surface area (Å²) in [6.07, 6.45) is 2.80. The van der Waals surface area contributed by atoms with Crippen molar-refractivity contribution in [3.05, 3.63) is 17.7 Å². The van der Waals surface area contributed by atoms with E-state index in [1.54, 1.807) is 0 Å². The fourth-order valence-electron chi connectivity index (χ4n) is 1.23. The summed E-state index contributed by atoms with van der Waals surface area (Å²) in [5.74, 6) is 0.988. The van der Waals surface area contributed by atoms with Gasteiger partial charge in [0, 0.05) is 12.6 Å². The molecule has 1 aromatic heterocycles. The molecular weight excluding hydrogens is 150 g/mol. The Morgan fingerprint density at radius 2 is 2.42 bits per heavy atom. The summed E-state index contributed by atoms with van der Waals surface area (Å²) < 4.78 is 1.93. The van der Waals surface area contributed by atoms with Crippen LogP contribution in [0.1, 0.15) is 31.4 Å². The van der Waals surface area contributed by atoms with Crippen LogP contribution in [-0.4, -0.2) is 9.55 Å². The van der Waals surface area contributed by atoms with Crippen molar-refractivity contribution in [3.8, 4) is 6.07 Å². The Balaban J connectivity index is 3.06. The lowest BCUT2D eigenvalue weighted by molar-refractivity contribution is 0.634. The van der Waals surface area contributed by atoms with E-state index in [9.17, 15) is 0 Å². The van der Waals surface area contributed by atoms with Crippen molar-refractivity contribution in [2.24, 2.45) is 0 Å². The molecule has 0 saturated carbocycles. The van der Waals surface area contributed by atoms with Crippen LogP contribution < -0.4 is 0 Å². The van der Waals surface area contributed by atoms with Gasteiger partial charge in [0.1, 0.15) is 11.9 Å². The van der Waals surface area contributed by atoms with Gasteiger partial charge in [0.25, 0.3) is 0 Å². The van der Waals surface area contributed by atoms with Crippen molar-refractivity contribution < 1.29 is 0 Å². The number of hydrogen-bond donors (Lipinski definition) is 0. The number of nitriles is 1. The Labute approximate surface area is 72.7 Å². The van der Waals surface area contributed by atoms with Crippen LogP contribution in [0.3, 0.4) is 0 Å². The van der Waals surface area contributed by atoms with Gasteiger partial charge in [-0.2, -0.15) is 5.26 Å². The maximum absolute atomic E-state index is 8.72. The second kappa shape index (κ2) is 3.40. The average molecular weight is 163 g/mol. The summed E-state index contributed by atoms with van der Waals surface area (Å²) in [7, 11) is 0. The molecule has 3 heteroatoms. The number of aromatic nitrogens is 2. The summed E-state index contributed by atoms with van der Waals surface area (Å²) in [4.78, 5) is 4.31. The van der Waals surface area contributed by atoms with Gasteiger partial charge in [0.2, 0.25) is 0 Å². The van der Waals surface area contributed by atoms with E-state index in [0.717, 1.165) is 17.9 Å². The van der Waals surface area contributed by atoms with Gasteiger partial charge in [-0.1, -0.05) is 6.92 Å². The zero-order valence-electron chi connectivity index (χ0n) is 7.70. The Morgan fingerprint density at radius 3 is 2.92 bits per heavy atom. The van der Waals surface area contributed by atoms with Crippen molar-refractivity contribution in [1.29, 1.82) is 5.26 Å². The first-order chi connectivity index (χ1) is 5.69. The molecule has 0 aromatic carbocycles. The van der Waals surface area contributed by atoms with Crippen molar-refractivity contribution in [3.63, 3.8) is 0 Å². The van der Waals surface area contributed by atoms with Crippen LogP contribution in [0.4, 0.5) is 0 Å². The molecule has 64 valence electrons. The molecule has 0 aliphatic heterocycles. The first kappa shape index (κ1) is 8.79. The van der Waals surface area contributed by atoms with Gasteiger partial charge in [-0.15, -0.1) is 0 Å². The van der Waals surface area contributed by atoms with Crippen molar-refractivity contribution >= 4 is 0 Å². The van der Waals surface area contributed by atoms with E-state index in [4.69, 9.17) is 5.26 Å². The average Bonchev–Trinajstić information content (AvgIpc) is 2.45. The largest absolute Gasteiger partial charge is 0.318 e. The van der Waals surface area contributed by atoms with Crippen LogP contribution in [-0.2, 0) is 6.42 Å². The molecule has 0 aliphatic carbocycles. The first-order valence-electron chi connectivity index (χ1n) is 4.13. The van der Waals surface area contributed by atoms with Gasteiger partial charge in [-0.25, -0.2) is 4.98 Å². The molecule has 1 unspecified atom stereocenters. The maximum atomic E-state index is 8.72. The Morgan fingerprint density at radius 1 is 1.75 bits per heavy atom. The maximum Gasteiger partial charge on any atom is 0.119 e. The highest BCUT2D eigenvalue weighted by Crippen LogP contribution is 2.10. The van der Waals surface area contributed by atoms with E-state index >= 15 is 0 Å². The molecule has 0 aliphatic rings. The third kappa shape index (κ3) is 1.48. The molecule has 3 nitrogen and oxygen atoms in total. The van der Waals surface area contributed by atoms with E-state index < -0.39 is 0 Å². The molecule has 0 N–H and O–H groups in total. The number of aryl methyl sites for hydroxylation is 2. The highest BCUT2D eigenvalue weighted by Gasteiger charge is 2.08. The Bertz CT molecular complexity index is 306. The lowest BCUT2D eigenvalue weighted by Crippen LogP contribution is -2.05. The van der Waals surface area contributed by atoms with Gasteiger partial charge >= 0.3 is 0 Å². The van der Waals surface area contributed by atoms with E-state index in [1.807, 2.05) is 31.5 Å². The minimum atomic E-state index is -0.110. The molecule has 12 heavy (non-hydrogen) atoms. The van der Waals surface area contributed by atoms with Crippen LogP contribution in [0, 0.1) is 18.3 Å². The van der Waals surface area contributed by atoms with Crippen LogP contribution >= 0.6 is 0 Å². The van der Waals surface area contributed by atoms with Crippen LogP contribution in [0.2, 0.25) is 0 Å². The minimum absolute atomic E-state index is 0.110. The number of imidazole rings is 1. The highest BCUT2D eigenvalue weighted by atomic mass is 15.1. The molecule has 0 bridgehead atoms. The smallest absolute Gasteiger partial charge is 0.119 e. The second-order valence-corrected chi connectivity index (χ2v) is 2.86. The third-order valence-corrected chi connectivity index (χ3v) is 1.85. The van der Waals surface area contributed by atoms with E-state index in [1.165, 1.54) is 0 Å². The van der Waals surface area contributed by atoms with Crippen LogP contribution in [0.25, 0.3) is 0 Å². The SMILES string of the molecule is CCc1nc(C)cn1C(C)C#N. The molecule has 1 rings (SSSR count). The second-order valence-electron chi connectivity index (χ2n) is 2.86. The lowest BCUT2D eigenvalue weighted by atomic mass is 10.3. The molecule has 0 fully saturated rings. The Kier molecular flexibility index (Phi) is 2.49. The van der Waals surface area contributed by atoms with E-state index in [-0.39, 0.29) is 6.04 Å². The fraction of sp³-hybridized carbons (Fsp3) is 0.556. The molecule has 0 saturated heterocycles. The monoisotopic (exact) mass is 163 g/mol. The normalized spacial score (nSPS) is 12.5. The van der Waals surface area contributed by atoms with Crippen molar-refractivity contribution in [1.82, 2.24) is 9.55 Å². The van der Waals surface area contributed by atoms with Crippen LogP contribution in [0.15, 0.2) is 6.20 Å². The molecular formula is C9H13N3. The van der Waals surface area contributed by atoms with E-state index in [0.29, 0.717) is 0 Å². The molecule has 1 atom stereocenters. The fourth-order valence-corrected chi connectivity index (χ4v) is 1.23. The van der Waals surface area contributed by atoms with Crippen LogP contribution in [0.5, 0.6) is 0 Å². The summed E-state index contributed by atoms with van der Waals surface area (Å²) in [6.45, 7) is 5.86. The molecule has 0 radical (unpaired) electrons. The highest BCUT2D eigenvalue weighted by molar-refractivity contribution is 5.06. The predicted molar refractivity (Wildman–Crippen MR) is 46.7 cm³/mol. The first-order valence-corrected chi connectivity index (χ1v) is 4.13. The summed E-state index contributed by atoms with van der Waals surface area (Å²) in [5, 5.41) is 8.72. The molecule has 0 amide bonds. The van der Waals surface area contributed by atoms with Crippen molar-refractivity contribution in [2.45, 2.75) is 33.2 Å².